The van der Waals surface area contributed by atoms with Gasteiger partial charge in [0.15, 0.2) is 0 Å². The van der Waals surface area contributed by atoms with Crippen LogP contribution in [0.3, 0.4) is 0 Å². The lowest BCUT2D eigenvalue weighted by molar-refractivity contribution is 0.101. The molecule has 0 aliphatic heterocycles. The Hall–Kier alpha value is -1.52. The molecule has 0 fully saturated rings. The minimum atomic E-state index is -0.218. The Bertz CT molecular complexity index is 578. The van der Waals surface area contributed by atoms with Crippen LogP contribution in [-0.2, 0) is 6.54 Å². The van der Waals surface area contributed by atoms with Crippen LogP contribution in [0.15, 0.2) is 30.6 Å². The molecule has 0 unspecified atom stereocenters. The number of aryl methyl sites for hydroxylation is 1. The summed E-state index contributed by atoms with van der Waals surface area (Å²) < 4.78 is 1.83. The molecule has 2 heterocycles. The van der Waals surface area contributed by atoms with Crippen molar-refractivity contribution in [1.29, 1.82) is 0 Å². The lowest BCUT2D eigenvalue weighted by Gasteiger charge is -2.08. The van der Waals surface area contributed by atoms with Gasteiger partial charge in [-0.25, -0.2) is 4.98 Å². The number of amides is 1. The summed E-state index contributed by atoms with van der Waals surface area (Å²) in [6.45, 7) is 2.78. The van der Waals surface area contributed by atoms with Gasteiger partial charge in [0.2, 0.25) is 0 Å². The molecule has 0 bridgehead atoms. The molecular weight excluding hydrogens is 285 g/mol. The normalized spacial score (nSPS) is 10.5. The topological polar surface area (TPSA) is 46.9 Å². The van der Waals surface area contributed by atoms with E-state index in [9.17, 15) is 4.79 Å². The van der Waals surface area contributed by atoms with Crippen LogP contribution in [0.4, 0.5) is 5.69 Å². The van der Waals surface area contributed by atoms with Crippen LogP contribution in [0.2, 0.25) is 10.2 Å². The maximum absolute atomic E-state index is 12.2. The predicted octanol–water partition coefficient (Wildman–Crippen LogP) is 3.85. The fourth-order valence-electron chi connectivity index (χ4n) is 1.74. The van der Waals surface area contributed by atoms with Crippen molar-refractivity contribution in [3.05, 3.63) is 46.5 Å². The molecule has 19 heavy (non-hydrogen) atoms. The number of carbonyl (C=O) groups is 1. The number of nitrogens with one attached hydrogen (secondary N) is 1. The number of carbonyl (C=O) groups excluding carboxylic acids is 1. The van der Waals surface area contributed by atoms with Crippen LogP contribution in [0, 0.1) is 0 Å². The molecule has 2 aromatic heterocycles. The number of hydrogen-bond acceptors (Lipinski definition) is 2. The average Bonchev–Trinajstić information content (AvgIpc) is 2.74. The lowest BCUT2D eigenvalue weighted by atomic mass is 10.3. The monoisotopic (exact) mass is 297 g/mol. The number of pyridine rings is 1. The maximum atomic E-state index is 12.2. The van der Waals surface area contributed by atoms with Gasteiger partial charge in [0, 0.05) is 12.7 Å². The summed E-state index contributed by atoms with van der Waals surface area (Å²) in [4.78, 5) is 16.1. The van der Waals surface area contributed by atoms with Gasteiger partial charge in [0.05, 0.1) is 16.9 Å². The van der Waals surface area contributed by atoms with Crippen molar-refractivity contribution in [2.75, 3.05) is 5.32 Å². The molecule has 0 aliphatic carbocycles. The highest BCUT2D eigenvalue weighted by molar-refractivity contribution is 6.31. The first-order valence-electron chi connectivity index (χ1n) is 5.88. The molecule has 0 saturated heterocycles. The summed E-state index contributed by atoms with van der Waals surface area (Å²) in [5.41, 5.74) is 1.12. The van der Waals surface area contributed by atoms with Crippen LogP contribution in [-0.4, -0.2) is 15.5 Å². The van der Waals surface area contributed by atoms with Crippen LogP contribution < -0.4 is 5.32 Å². The third-order valence-corrected chi connectivity index (χ3v) is 2.98. The number of nitrogens with zero attached hydrogens (tertiary/aromatic N) is 2. The molecule has 1 N–H and O–H groups in total. The highest BCUT2D eigenvalue weighted by atomic mass is 35.5. The number of hydrogen-bond donors (Lipinski definition) is 1. The van der Waals surface area contributed by atoms with E-state index in [0.717, 1.165) is 13.0 Å². The van der Waals surface area contributed by atoms with Crippen LogP contribution in [0.25, 0.3) is 0 Å². The Kier molecular flexibility index (Phi) is 4.45. The van der Waals surface area contributed by atoms with E-state index in [1.54, 1.807) is 24.4 Å². The van der Waals surface area contributed by atoms with Crippen molar-refractivity contribution < 1.29 is 4.79 Å². The zero-order valence-electron chi connectivity index (χ0n) is 10.4. The van der Waals surface area contributed by atoms with Gasteiger partial charge in [-0.3, -0.25) is 4.79 Å². The van der Waals surface area contributed by atoms with Crippen molar-refractivity contribution in [3.8, 4) is 0 Å². The predicted molar refractivity (Wildman–Crippen MR) is 76.9 cm³/mol. The number of rotatable bonds is 4. The molecule has 6 heteroatoms. The van der Waals surface area contributed by atoms with Gasteiger partial charge in [-0.1, -0.05) is 30.1 Å². The van der Waals surface area contributed by atoms with Crippen molar-refractivity contribution in [1.82, 2.24) is 9.55 Å². The minimum absolute atomic E-state index is 0.218. The molecule has 0 saturated carbocycles. The lowest BCUT2D eigenvalue weighted by Crippen LogP contribution is -2.16. The highest BCUT2D eigenvalue weighted by Gasteiger charge is 2.13. The third-order valence-electron chi connectivity index (χ3n) is 2.55. The highest BCUT2D eigenvalue weighted by Crippen LogP contribution is 2.17. The fraction of sp³-hybridized carbons (Fsp3) is 0.231. The van der Waals surface area contributed by atoms with Crippen LogP contribution in [0.1, 0.15) is 23.8 Å². The van der Waals surface area contributed by atoms with E-state index < -0.39 is 0 Å². The van der Waals surface area contributed by atoms with E-state index in [-0.39, 0.29) is 5.91 Å². The summed E-state index contributed by atoms with van der Waals surface area (Å²) in [6, 6.07) is 4.97. The van der Waals surface area contributed by atoms with Gasteiger partial charge in [-0.2, -0.15) is 0 Å². The average molecular weight is 298 g/mol. The fourth-order valence-corrected chi connectivity index (χ4v) is 2.07. The van der Waals surface area contributed by atoms with Crippen molar-refractivity contribution in [3.63, 3.8) is 0 Å². The molecule has 100 valence electrons. The molecule has 2 aromatic rings. The van der Waals surface area contributed by atoms with Crippen molar-refractivity contribution in [2.24, 2.45) is 0 Å². The Morgan fingerprint density at radius 3 is 2.84 bits per heavy atom. The molecule has 0 atom stereocenters. The van der Waals surface area contributed by atoms with E-state index >= 15 is 0 Å². The summed E-state index contributed by atoms with van der Waals surface area (Å²) >= 11 is 11.6. The van der Waals surface area contributed by atoms with Gasteiger partial charge in [-0.15, -0.1) is 0 Å². The van der Waals surface area contributed by atoms with Gasteiger partial charge < -0.3 is 9.88 Å². The van der Waals surface area contributed by atoms with Crippen molar-refractivity contribution >= 4 is 34.8 Å². The second-order valence-electron chi connectivity index (χ2n) is 4.06. The summed E-state index contributed by atoms with van der Waals surface area (Å²) in [7, 11) is 0. The van der Waals surface area contributed by atoms with E-state index in [0.29, 0.717) is 21.6 Å². The molecule has 2 rings (SSSR count). The Balaban J connectivity index is 2.17. The zero-order chi connectivity index (χ0) is 13.8. The van der Waals surface area contributed by atoms with Gasteiger partial charge in [0.25, 0.3) is 5.91 Å². The second kappa shape index (κ2) is 6.08. The first-order chi connectivity index (χ1) is 9.10. The molecule has 4 nitrogen and oxygen atoms in total. The van der Waals surface area contributed by atoms with E-state index in [1.807, 2.05) is 11.5 Å². The second-order valence-corrected chi connectivity index (χ2v) is 4.88. The summed E-state index contributed by atoms with van der Waals surface area (Å²) in [6.07, 6.45) is 4.18. The van der Waals surface area contributed by atoms with Gasteiger partial charge in [-0.05, 0) is 24.6 Å². The molecule has 1 amide bonds. The molecular formula is C13H13Cl2N3O. The minimum Gasteiger partial charge on any atom is -0.342 e. The molecule has 0 aromatic carbocycles. The van der Waals surface area contributed by atoms with Crippen LogP contribution >= 0.6 is 23.2 Å². The maximum Gasteiger partial charge on any atom is 0.272 e. The number of aromatic nitrogens is 2. The quantitative estimate of drug-likeness (QED) is 0.871. The molecule has 0 aliphatic rings. The van der Waals surface area contributed by atoms with E-state index in [2.05, 4.69) is 10.3 Å². The summed E-state index contributed by atoms with van der Waals surface area (Å²) in [5, 5.41) is 3.69. The van der Waals surface area contributed by atoms with Gasteiger partial charge >= 0.3 is 0 Å². The standard InChI is InChI=1S/C13H13Cl2N3O/c1-2-5-18-8-9(14)6-11(18)13(19)17-10-3-4-12(15)16-7-10/h3-4,6-8H,2,5H2,1H3,(H,17,19). The van der Waals surface area contributed by atoms with E-state index in [1.165, 1.54) is 6.20 Å². The van der Waals surface area contributed by atoms with Crippen molar-refractivity contribution in [2.45, 2.75) is 19.9 Å². The third kappa shape index (κ3) is 3.49. The largest absolute Gasteiger partial charge is 0.342 e. The Morgan fingerprint density at radius 1 is 1.42 bits per heavy atom. The number of halogens is 2. The SMILES string of the molecule is CCCn1cc(Cl)cc1C(=O)Nc1ccc(Cl)nc1. The smallest absolute Gasteiger partial charge is 0.272 e. The zero-order valence-corrected chi connectivity index (χ0v) is 11.9. The van der Waals surface area contributed by atoms with Crippen LogP contribution in [0.5, 0.6) is 0 Å². The molecule has 0 radical (unpaired) electrons. The Labute approximate surface area is 121 Å². The first-order valence-corrected chi connectivity index (χ1v) is 6.64. The van der Waals surface area contributed by atoms with E-state index in [4.69, 9.17) is 23.2 Å². The molecule has 0 spiro atoms. The number of anilines is 1. The van der Waals surface area contributed by atoms with Gasteiger partial charge in [0.1, 0.15) is 10.8 Å². The first kappa shape index (κ1) is 13.9. The summed E-state index contributed by atoms with van der Waals surface area (Å²) in [5.74, 6) is -0.218. The Morgan fingerprint density at radius 2 is 2.21 bits per heavy atom.